The number of aromatic hydroxyl groups is 1. The van der Waals surface area contributed by atoms with E-state index in [0.29, 0.717) is 44.0 Å². The molecule has 0 spiro atoms. The molecule has 0 unspecified atom stereocenters. The number of fused-ring (bicyclic) bond motifs is 2. The summed E-state index contributed by atoms with van der Waals surface area (Å²) < 4.78 is 85.1. The number of carbonyl (C=O) groups is 3. The minimum Gasteiger partial charge on any atom is -0.505 e. The zero-order valence-electron chi connectivity index (χ0n) is 26.9. The highest BCUT2D eigenvalue weighted by Crippen LogP contribution is 2.43. The molecule has 9 nitrogen and oxygen atoms in total. The van der Waals surface area contributed by atoms with Gasteiger partial charge in [-0.05, 0) is 38.6 Å². The Morgan fingerprint density at radius 2 is 1.61 bits per heavy atom. The Kier molecular flexibility index (Phi) is 17.8. The van der Waals surface area contributed by atoms with E-state index in [1.165, 1.54) is 0 Å². The van der Waals surface area contributed by atoms with Crippen molar-refractivity contribution in [2.45, 2.75) is 52.9 Å². The third-order valence-corrected chi connectivity index (χ3v) is 8.14. The molecule has 0 radical (unpaired) electrons. The summed E-state index contributed by atoms with van der Waals surface area (Å²) in [5.74, 6) is -11.7. The van der Waals surface area contributed by atoms with Crippen LogP contribution >= 0.6 is 11.8 Å². The van der Waals surface area contributed by atoms with Gasteiger partial charge in [-0.15, -0.1) is 11.8 Å². The van der Waals surface area contributed by atoms with E-state index in [9.17, 15) is 37.8 Å². The summed E-state index contributed by atoms with van der Waals surface area (Å²) in [5.41, 5.74) is -3.35. The number of halogens is 5. The van der Waals surface area contributed by atoms with Crippen LogP contribution in [-0.2, 0) is 14.3 Å². The number of aromatic carboxylic acids is 1. The maximum atomic E-state index is 15.8. The number of phenolic OH excluding ortho intramolecular Hbond substituents is 1. The van der Waals surface area contributed by atoms with Crippen molar-refractivity contribution in [3.8, 4) is 17.2 Å². The molecule has 1 aliphatic rings. The second kappa shape index (κ2) is 20.4. The normalized spacial score (nSPS) is 11.1. The molecule has 0 atom stereocenters. The number of ketones is 1. The predicted molar refractivity (Wildman–Crippen MR) is 186 cm³/mol. The van der Waals surface area contributed by atoms with Gasteiger partial charge in [-0.3, -0.25) is 9.59 Å². The number of carboxylic acids is 1. The summed E-state index contributed by atoms with van der Waals surface area (Å²) in [5, 5.41) is 24.7. The number of nitrogens with one attached hydrogen (secondary N) is 2. The summed E-state index contributed by atoms with van der Waals surface area (Å²) in [7, 11) is 1.88. The van der Waals surface area contributed by atoms with Crippen molar-refractivity contribution >= 4 is 41.6 Å². The second-order valence-corrected chi connectivity index (χ2v) is 11.7. The molecule has 51 heavy (non-hydrogen) atoms. The van der Waals surface area contributed by atoms with Gasteiger partial charge in [-0.2, -0.15) is 0 Å². The first-order valence-corrected chi connectivity index (χ1v) is 16.0. The van der Waals surface area contributed by atoms with Gasteiger partial charge in [-0.1, -0.05) is 34.8 Å². The quantitative estimate of drug-likeness (QED) is 0.0529. The lowest BCUT2D eigenvalue weighted by Crippen LogP contribution is -2.27. The Balaban J connectivity index is 0.000000695. The fourth-order valence-electron chi connectivity index (χ4n) is 4.57. The van der Waals surface area contributed by atoms with Crippen LogP contribution in [0.4, 0.5) is 22.0 Å². The highest BCUT2D eigenvalue weighted by molar-refractivity contribution is 8.00. The molecule has 3 aromatic rings. The van der Waals surface area contributed by atoms with Crippen LogP contribution in [0.3, 0.4) is 0 Å². The number of likely N-dealkylation sites (N-methyl/N-ethyl adjacent to an activating group) is 1. The monoisotopic (exact) mass is 742 g/mol. The first-order valence-electron chi connectivity index (χ1n) is 15.0. The number of carboxylic acid groups (broad SMARTS) is 1. The predicted octanol–water partition coefficient (Wildman–Crippen LogP) is 6.03. The molecule has 0 aliphatic carbocycles. The Morgan fingerprint density at radius 3 is 2.22 bits per heavy atom. The van der Waals surface area contributed by atoms with Crippen LogP contribution in [0.15, 0.2) is 29.2 Å². The Hall–Kier alpha value is -4.47. The molecule has 280 valence electrons. The largest absolute Gasteiger partial charge is 0.505 e. The van der Waals surface area contributed by atoms with Gasteiger partial charge in [0.15, 0.2) is 23.2 Å². The van der Waals surface area contributed by atoms with Crippen LogP contribution in [0.5, 0.6) is 17.2 Å². The first kappa shape index (κ1) is 44.6. The highest BCUT2D eigenvalue weighted by Gasteiger charge is 2.34. The molecule has 4 N–H and O–H groups in total. The van der Waals surface area contributed by atoms with Crippen molar-refractivity contribution in [1.29, 1.82) is 0 Å². The first-order chi connectivity index (χ1) is 23.2. The molecule has 0 aromatic heterocycles. The molecular formula is C36H43F5N2O7S. The molecule has 1 aliphatic heterocycles. The van der Waals surface area contributed by atoms with Crippen molar-refractivity contribution in [3.63, 3.8) is 0 Å². The third-order valence-electron chi connectivity index (χ3n) is 6.94. The zero-order valence-corrected chi connectivity index (χ0v) is 27.7. The molecule has 3 aromatic carbocycles. The van der Waals surface area contributed by atoms with Crippen LogP contribution in [0.25, 0.3) is 12.2 Å². The molecule has 0 bridgehead atoms. The Labute approximate surface area is 297 Å². The van der Waals surface area contributed by atoms with Crippen LogP contribution < -0.4 is 25.8 Å². The van der Waals surface area contributed by atoms with E-state index in [0.717, 1.165) is 44.5 Å². The van der Waals surface area contributed by atoms with E-state index >= 15 is 8.78 Å². The molecule has 15 heteroatoms. The summed E-state index contributed by atoms with van der Waals surface area (Å²) in [6.07, 6.45) is 2.66. The summed E-state index contributed by atoms with van der Waals surface area (Å²) in [6, 6.07) is 3.35. The van der Waals surface area contributed by atoms with E-state index in [1.54, 1.807) is 0 Å². The lowest BCUT2D eigenvalue weighted by molar-refractivity contribution is -0.121. The van der Waals surface area contributed by atoms with Crippen LogP contribution in [-0.4, -0.2) is 67.0 Å². The van der Waals surface area contributed by atoms with Crippen LogP contribution in [0.1, 0.15) is 69.4 Å². The smallest absolute Gasteiger partial charge is 0.339 e. The molecular weight excluding hydrogens is 699 g/mol. The van der Waals surface area contributed by atoms with Crippen molar-refractivity contribution < 1.29 is 56.0 Å². The number of phenols is 1. The maximum Gasteiger partial charge on any atom is 0.339 e. The number of rotatable bonds is 14. The average Bonchev–Trinajstić information content (AvgIpc) is 3.04. The third kappa shape index (κ3) is 11.0. The summed E-state index contributed by atoms with van der Waals surface area (Å²) in [4.78, 5) is 33.4. The molecule has 1 amide bonds. The fraction of sp³-hybridized carbons (Fsp3) is 0.361. The minimum atomic E-state index is -2.06. The van der Waals surface area contributed by atoms with Gasteiger partial charge in [0.2, 0.25) is 5.91 Å². The summed E-state index contributed by atoms with van der Waals surface area (Å²) in [6.45, 7) is 9.43. The van der Waals surface area contributed by atoms with E-state index in [4.69, 9.17) is 9.47 Å². The molecule has 0 fully saturated rings. The van der Waals surface area contributed by atoms with Gasteiger partial charge in [0.05, 0.1) is 23.9 Å². The number of benzene rings is 3. The van der Waals surface area contributed by atoms with Crippen molar-refractivity contribution in [1.82, 2.24) is 10.6 Å². The van der Waals surface area contributed by atoms with Gasteiger partial charge in [0, 0.05) is 52.7 Å². The number of hydrogen-bond donors (Lipinski definition) is 4. The topological polar surface area (TPSA) is 134 Å². The Morgan fingerprint density at radius 1 is 0.941 bits per heavy atom. The van der Waals surface area contributed by atoms with Gasteiger partial charge >= 0.3 is 5.97 Å². The Bertz CT molecular complexity index is 1860. The van der Waals surface area contributed by atoms with E-state index in [2.05, 4.69) is 24.1 Å². The second-order valence-electron chi connectivity index (χ2n) is 10.7. The van der Waals surface area contributed by atoms with Gasteiger partial charge in [-0.25, -0.2) is 26.7 Å². The van der Waals surface area contributed by atoms with Crippen LogP contribution in [0, 0.1) is 29.1 Å². The number of amides is 1. The molecule has 1 heterocycles. The average molecular weight is 743 g/mol. The molecule has 0 saturated heterocycles. The standard InChI is InChI=1S/C24H13F5O5S.C10H22N2O2.2CH4/c1-8-3-15-10(4-12(8)25)17(11-5-13(26)14(31)6-16(11)34-15)18-19(24(32)33)20(27)22(29)23(21(18)28)35-7-9(2)30;1-3-4-5-10(13)12-7-9-14-8-6-11-2;;/h3-6,31H,1,7H2,2H3,(H,32,33);11H,3-9H2,1-2H3,(H,12,13);2*1H4. The van der Waals surface area contributed by atoms with E-state index in [-0.39, 0.29) is 48.3 Å². The fourth-order valence-corrected chi connectivity index (χ4v) is 5.36. The lowest BCUT2D eigenvalue weighted by atomic mass is 9.88. The highest BCUT2D eigenvalue weighted by atomic mass is 32.2. The summed E-state index contributed by atoms with van der Waals surface area (Å²) >= 11 is 0.293. The maximum absolute atomic E-state index is 15.8. The van der Waals surface area contributed by atoms with Gasteiger partial charge in [0.1, 0.15) is 34.5 Å². The minimum absolute atomic E-state index is 0. The number of thioether (sulfide) groups is 1. The van der Waals surface area contributed by atoms with Crippen molar-refractivity contribution in [3.05, 3.63) is 80.5 Å². The zero-order chi connectivity index (χ0) is 36.4. The number of unbranched alkanes of at least 4 members (excludes halogenated alkanes) is 1. The molecule has 0 saturated carbocycles. The van der Waals surface area contributed by atoms with Gasteiger partial charge < -0.3 is 30.3 Å². The van der Waals surface area contributed by atoms with Crippen LogP contribution in [0.2, 0.25) is 0 Å². The SMILES string of the molecule is C.C.C=c1cc2c(cc1F)=C(c1c(F)c(SCC(C)=O)c(F)c(F)c1C(=O)O)c1cc(F)c(O)cc1O2.CCCCC(=O)NCCOCCNC. The number of ether oxygens (including phenoxy) is 2. The van der Waals surface area contributed by atoms with Crippen molar-refractivity contribution in [2.75, 3.05) is 39.1 Å². The number of hydrogen-bond acceptors (Lipinski definition) is 8. The lowest BCUT2D eigenvalue weighted by Gasteiger charge is -2.24. The molecule has 4 rings (SSSR count). The number of carbonyl (C=O) groups excluding carboxylic acids is 2. The van der Waals surface area contributed by atoms with E-state index in [1.807, 2.05) is 7.05 Å². The number of Topliss-reactive ketones (excluding diaryl/α,β-unsaturated/α-hetero) is 1. The van der Waals surface area contributed by atoms with Gasteiger partial charge in [0.25, 0.3) is 0 Å². The van der Waals surface area contributed by atoms with Crippen molar-refractivity contribution in [2.24, 2.45) is 0 Å². The van der Waals surface area contributed by atoms with E-state index < -0.39 is 73.9 Å².